The van der Waals surface area contributed by atoms with Crippen LogP contribution in [0.25, 0.3) is 5.76 Å². The van der Waals surface area contributed by atoms with Crippen molar-refractivity contribution in [3.8, 4) is 5.75 Å². The van der Waals surface area contributed by atoms with Gasteiger partial charge >= 0.3 is 0 Å². The molecule has 5 rings (SSSR count). The summed E-state index contributed by atoms with van der Waals surface area (Å²) in [6.07, 6.45) is 1.61. The van der Waals surface area contributed by atoms with Crippen molar-refractivity contribution in [2.75, 3.05) is 4.90 Å². The number of amides is 1. The zero-order valence-electron chi connectivity index (χ0n) is 20.6. The van der Waals surface area contributed by atoms with Gasteiger partial charge in [-0.3, -0.25) is 19.5 Å². The number of anilines is 1. The van der Waals surface area contributed by atoms with E-state index in [1.165, 1.54) is 4.90 Å². The number of carbonyl (C=O) groups is 2. The summed E-state index contributed by atoms with van der Waals surface area (Å²) in [4.78, 5) is 32.5. The molecule has 0 spiro atoms. The molecule has 184 valence electrons. The third-order valence-corrected chi connectivity index (χ3v) is 6.42. The molecule has 4 aromatic rings. The van der Waals surface area contributed by atoms with Crippen molar-refractivity contribution in [1.29, 1.82) is 0 Å². The van der Waals surface area contributed by atoms with E-state index in [-0.39, 0.29) is 11.3 Å². The van der Waals surface area contributed by atoms with E-state index < -0.39 is 17.7 Å². The topological polar surface area (TPSA) is 79.7 Å². The van der Waals surface area contributed by atoms with Crippen LogP contribution >= 0.6 is 0 Å². The Hall–Kier alpha value is -4.71. The molecule has 0 radical (unpaired) electrons. The molecule has 37 heavy (non-hydrogen) atoms. The fourth-order valence-corrected chi connectivity index (χ4v) is 4.50. The number of benzene rings is 3. The predicted octanol–water partition coefficient (Wildman–Crippen LogP) is 5.90. The highest BCUT2D eigenvalue weighted by molar-refractivity contribution is 6.51. The molecule has 1 N–H and O–H groups in total. The lowest BCUT2D eigenvalue weighted by atomic mass is 9.95. The van der Waals surface area contributed by atoms with Gasteiger partial charge in [0.15, 0.2) is 0 Å². The maximum absolute atomic E-state index is 13.4. The molecule has 1 unspecified atom stereocenters. The van der Waals surface area contributed by atoms with Crippen molar-refractivity contribution in [2.45, 2.75) is 26.5 Å². The molecule has 0 saturated carbocycles. The Labute approximate surface area is 215 Å². The second-order valence-electron chi connectivity index (χ2n) is 9.01. The number of rotatable bonds is 6. The Morgan fingerprint density at radius 1 is 0.919 bits per heavy atom. The molecular formula is C31H26N2O4. The molecule has 1 amide bonds. The number of hydrogen-bond acceptors (Lipinski definition) is 5. The lowest BCUT2D eigenvalue weighted by Crippen LogP contribution is -2.29. The average molecular weight is 491 g/mol. The molecule has 1 fully saturated rings. The van der Waals surface area contributed by atoms with Crippen molar-refractivity contribution in [1.82, 2.24) is 4.98 Å². The van der Waals surface area contributed by atoms with Gasteiger partial charge < -0.3 is 9.84 Å². The standard InChI is InChI=1S/C31H26N2O4/c1-20-11-12-21(2)25(18-20)29(34)27-28(26-10-6-7-17-32-26)33(31(36)30(27)35)23-13-15-24(16-14-23)37-19-22-8-4-3-5-9-22/h3-18,28,34H,19H2,1-2H3/b29-27+. The van der Waals surface area contributed by atoms with Crippen LogP contribution < -0.4 is 9.64 Å². The highest BCUT2D eigenvalue weighted by Crippen LogP contribution is 2.42. The molecule has 2 heterocycles. The minimum Gasteiger partial charge on any atom is -0.507 e. The minimum atomic E-state index is -0.878. The summed E-state index contributed by atoms with van der Waals surface area (Å²) in [5.74, 6) is -1.05. The number of ketones is 1. The van der Waals surface area contributed by atoms with Crippen LogP contribution in [-0.4, -0.2) is 21.8 Å². The smallest absolute Gasteiger partial charge is 0.300 e. The number of ether oxygens (including phenoxy) is 1. The average Bonchev–Trinajstić information content (AvgIpc) is 3.20. The van der Waals surface area contributed by atoms with E-state index in [2.05, 4.69) is 4.98 Å². The summed E-state index contributed by atoms with van der Waals surface area (Å²) in [7, 11) is 0. The Morgan fingerprint density at radius 2 is 1.65 bits per heavy atom. The Kier molecular flexibility index (Phi) is 6.56. The molecule has 3 aromatic carbocycles. The van der Waals surface area contributed by atoms with E-state index in [0.29, 0.717) is 29.3 Å². The second kappa shape index (κ2) is 10.1. The van der Waals surface area contributed by atoms with Gasteiger partial charge in [-0.2, -0.15) is 0 Å². The maximum atomic E-state index is 13.4. The van der Waals surface area contributed by atoms with Gasteiger partial charge in [-0.25, -0.2) is 0 Å². The molecule has 6 heteroatoms. The van der Waals surface area contributed by atoms with Crippen LogP contribution in [0.5, 0.6) is 5.75 Å². The number of pyridine rings is 1. The Bertz CT molecular complexity index is 1480. The zero-order chi connectivity index (χ0) is 25.9. The van der Waals surface area contributed by atoms with Crippen LogP contribution in [0.3, 0.4) is 0 Å². The second-order valence-corrected chi connectivity index (χ2v) is 9.01. The van der Waals surface area contributed by atoms with Crippen molar-refractivity contribution in [2.24, 2.45) is 0 Å². The van der Waals surface area contributed by atoms with Crippen LogP contribution in [0.1, 0.15) is 34.0 Å². The predicted molar refractivity (Wildman–Crippen MR) is 142 cm³/mol. The van der Waals surface area contributed by atoms with Gasteiger partial charge in [-0.1, -0.05) is 54.1 Å². The Balaban J connectivity index is 1.54. The summed E-state index contributed by atoms with van der Waals surface area (Å²) >= 11 is 0. The Morgan fingerprint density at radius 3 is 2.35 bits per heavy atom. The van der Waals surface area contributed by atoms with E-state index in [4.69, 9.17) is 4.74 Å². The van der Waals surface area contributed by atoms with Crippen LogP contribution in [0, 0.1) is 13.8 Å². The molecule has 0 aliphatic carbocycles. The first-order valence-electron chi connectivity index (χ1n) is 12.0. The first kappa shape index (κ1) is 24.0. The van der Waals surface area contributed by atoms with Gasteiger partial charge in [0.1, 0.15) is 24.2 Å². The molecule has 6 nitrogen and oxygen atoms in total. The van der Waals surface area contributed by atoms with Gasteiger partial charge in [0.25, 0.3) is 11.7 Å². The third-order valence-electron chi connectivity index (χ3n) is 6.42. The third kappa shape index (κ3) is 4.74. The van der Waals surface area contributed by atoms with E-state index in [1.54, 1.807) is 48.7 Å². The molecule has 1 aromatic heterocycles. The van der Waals surface area contributed by atoms with E-state index in [1.807, 2.05) is 62.4 Å². The fourth-order valence-electron chi connectivity index (χ4n) is 4.50. The summed E-state index contributed by atoms with van der Waals surface area (Å²) in [6, 6.07) is 26.9. The highest BCUT2D eigenvalue weighted by atomic mass is 16.5. The lowest BCUT2D eigenvalue weighted by molar-refractivity contribution is -0.132. The van der Waals surface area contributed by atoms with Crippen molar-refractivity contribution in [3.05, 3.63) is 131 Å². The molecule has 1 aliphatic heterocycles. The van der Waals surface area contributed by atoms with Crippen LogP contribution in [0.2, 0.25) is 0 Å². The van der Waals surface area contributed by atoms with Gasteiger partial charge in [0.05, 0.1) is 11.3 Å². The fraction of sp³-hybridized carbons (Fsp3) is 0.129. The van der Waals surface area contributed by atoms with Crippen molar-refractivity contribution in [3.63, 3.8) is 0 Å². The molecular weight excluding hydrogens is 464 g/mol. The number of hydrogen-bond donors (Lipinski definition) is 1. The number of carbonyl (C=O) groups excluding carboxylic acids is 2. The summed E-state index contributed by atoms with van der Waals surface area (Å²) in [6.45, 7) is 4.18. The van der Waals surface area contributed by atoms with Crippen LogP contribution in [-0.2, 0) is 16.2 Å². The van der Waals surface area contributed by atoms with Crippen molar-refractivity contribution >= 4 is 23.1 Å². The zero-order valence-corrected chi connectivity index (χ0v) is 20.6. The summed E-state index contributed by atoms with van der Waals surface area (Å²) < 4.78 is 5.88. The number of aliphatic hydroxyl groups is 1. The first-order chi connectivity index (χ1) is 17.9. The van der Waals surface area contributed by atoms with E-state index in [9.17, 15) is 14.7 Å². The monoisotopic (exact) mass is 490 g/mol. The molecule has 1 atom stereocenters. The number of aliphatic hydroxyl groups excluding tert-OH is 1. The van der Waals surface area contributed by atoms with Crippen LogP contribution in [0.15, 0.2) is 103 Å². The molecule has 1 saturated heterocycles. The number of aromatic nitrogens is 1. The molecule has 1 aliphatic rings. The lowest BCUT2D eigenvalue weighted by Gasteiger charge is -2.25. The number of Topliss-reactive ketones (excluding diaryl/α,β-unsaturated/α-hetero) is 1. The summed E-state index contributed by atoms with van der Waals surface area (Å²) in [5.41, 5.74) is 4.29. The van der Waals surface area contributed by atoms with Gasteiger partial charge in [-0.05, 0) is 67.4 Å². The van der Waals surface area contributed by atoms with Gasteiger partial charge in [0, 0.05) is 17.4 Å². The quantitative estimate of drug-likeness (QED) is 0.207. The van der Waals surface area contributed by atoms with E-state index >= 15 is 0 Å². The first-order valence-corrected chi connectivity index (χ1v) is 12.0. The SMILES string of the molecule is Cc1ccc(C)c(/C(O)=C2\C(=O)C(=O)N(c3ccc(OCc4ccccc4)cc3)C2c2ccccn2)c1. The minimum absolute atomic E-state index is 0.0156. The van der Waals surface area contributed by atoms with Gasteiger partial charge in [-0.15, -0.1) is 0 Å². The van der Waals surface area contributed by atoms with E-state index in [0.717, 1.165) is 16.7 Å². The normalized spacial score (nSPS) is 16.7. The summed E-state index contributed by atoms with van der Waals surface area (Å²) in [5, 5.41) is 11.4. The van der Waals surface area contributed by atoms with Crippen LogP contribution in [0.4, 0.5) is 5.69 Å². The number of aryl methyl sites for hydroxylation is 2. The maximum Gasteiger partial charge on any atom is 0.300 e. The molecule has 0 bridgehead atoms. The van der Waals surface area contributed by atoms with Gasteiger partial charge in [0.2, 0.25) is 0 Å². The highest BCUT2D eigenvalue weighted by Gasteiger charge is 2.47. The number of nitrogens with zero attached hydrogens (tertiary/aromatic N) is 2. The largest absolute Gasteiger partial charge is 0.507 e. The van der Waals surface area contributed by atoms with Crippen molar-refractivity contribution < 1.29 is 19.4 Å².